The van der Waals surface area contributed by atoms with Crippen LogP contribution < -0.4 is 16.4 Å². The number of amides is 4. The first kappa shape index (κ1) is 28.2. The van der Waals surface area contributed by atoms with Gasteiger partial charge in [-0.15, -0.1) is 6.42 Å². The number of hydrogen-bond acceptors (Lipinski definition) is 7. The smallest absolute Gasteiger partial charge is 0.408 e. The van der Waals surface area contributed by atoms with Gasteiger partial charge in [0.15, 0.2) is 0 Å². The Bertz CT molecular complexity index is 1050. The number of carbonyl (C=O) groups excluding carboxylic acids is 5. The average molecular weight is 501 g/mol. The van der Waals surface area contributed by atoms with Crippen LogP contribution in [0.15, 0.2) is 24.3 Å². The zero-order valence-corrected chi connectivity index (χ0v) is 20.8. The molecule has 2 unspecified atom stereocenters. The number of nitrogens with two attached hydrogens (primary N) is 1. The van der Waals surface area contributed by atoms with E-state index >= 15 is 0 Å². The maximum Gasteiger partial charge on any atom is 0.408 e. The van der Waals surface area contributed by atoms with Gasteiger partial charge in [0.2, 0.25) is 17.7 Å². The van der Waals surface area contributed by atoms with E-state index < -0.39 is 60.4 Å². The monoisotopic (exact) mass is 500 g/mol. The minimum absolute atomic E-state index is 0.345. The Labute approximate surface area is 210 Å². The number of ether oxygens (including phenoxy) is 2. The van der Waals surface area contributed by atoms with Gasteiger partial charge >= 0.3 is 12.1 Å². The summed E-state index contributed by atoms with van der Waals surface area (Å²) in [7, 11) is 1.18. The lowest BCUT2D eigenvalue weighted by molar-refractivity contribution is -0.145. The Hall–Kier alpha value is -4.07. The van der Waals surface area contributed by atoms with E-state index in [0.717, 1.165) is 0 Å². The molecule has 1 fully saturated rings. The highest BCUT2D eigenvalue weighted by Gasteiger charge is 2.45. The highest BCUT2D eigenvalue weighted by molar-refractivity contribution is 5.95. The van der Waals surface area contributed by atoms with E-state index in [0.29, 0.717) is 24.0 Å². The molecule has 36 heavy (non-hydrogen) atoms. The molecule has 1 aliphatic rings. The van der Waals surface area contributed by atoms with E-state index in [4.69, 9.17) is 16.9 Å². The molecule has 4 amide bonds. The van der Waals surface area contributed by atoms with E-state index in [1.807, 2.05) is 0 Å². The van der Waals surface area contributed by atoms with Crippen molar-refractivity contribution in [2.24, 2.45) is 5.73 Å². The first-order chi connectivity index (χ1) is 16.9. The van der Waals surface area contributed by atoms with Crippen LogP contribution in [0.4, 0.5) is 4.79 Å². The largest absolute Gasteiger partial charge is 0.468 e. The predicted molar refractivity (Wildman–Crippen MR) is 129 cm³/mol. The van der Waals surface area contributed by atoms with Crippen LogP contribution in [0.3, 0.4) is 0 Å². The average Bonchev–Trinajstić information content (AvgIpc) is 3.63. The van der Waals surface area contributed by atoms with Crippen LogP contribution in [-0.4, -0.2) is 66.0 Å². The molecule has 0 bridgehead atoms. The van der Waals surface area contributed by atoms with Gasteiger partial charge in [-0.1, -0.05) is 24.1 Å². The lowest BCUT2D eigenvalue weighted by Crippen LogP contribution is -2.55. The van der Waals surface area contributed by atoms with Gasteiger partial charge in [-0.2, -0.15) is 0 Å². The minimum atomic E-state index is -1.40. The molecular weight excluding hydrogens is 468 g/mol. The van der Waals surface area contributed by atoms with Gasteiger partial charge in [0, 0.05) is 11.6 Å². The fraction of sp³-hybridized carbons (Fsp3) is 0.480. The molecule has 0 aromatic heterocycles. The van der Waals surface area contributed by atoms with Gasteiger partial charge in [0.05, 0.1) is 13.5 Å². The summed E-state index contributed by atoms with van der Waals surface area (Å²) in [6.45, 7) is 4.50. The topological polar surface area (TPSA) is 157 Å². The number of methoxy groups -OCH3 is 1. The molecule has 1 aliphatic carbocycles. The molecule has 194 valence electrons. The van der Waals surface area contributed by atoms with Gasteiger partial charge < -0.3 is 30.7 Å². The normalized spacial score (nSPS) is 14.4. The SMILES string of the molecule is C#Cc1ccccc1C(C(=O)NCC(=O)OC)N(C(=O)C(CC(N)=O)NC(=O)OC(C)(C)C)C1CC1. The zero-order chi connectivity index (χ0) is 27.0. The Morgan fingerprint density at radius 3 is 2.36 bits per heavy atom. The van der Waals surface area contributed by atoms with Crippen molar-refractivity contribution in [1.82, 2.24) is 15.5 Å². The first-order valence-electron chi connectivity index (χ1n) is 11.4. The van der Waals surface area contributed by atoms with Crippen LogP contribution in [-0.2, 0) is 28.7 Å². The third-order valence-corrected chi connectivity index (χ3v) is 5.16. The summed E-state index contributed by atoms with van der Waals surface area (Å²) >= 11 is 0. The number of nitrogens with one attached hydrogen (secondary N) is 2. The zero-order valence-electron chi connectivity index (χ0n) is 20.8. The molecule has 0 heterocycles. The van der Waals surface area contributed by atoms with Crippen LogP contribution >= 0.6 is 0 Å². The molecule has 1 aromatic carbocycles. The molecule has 0 saturated heterocycles. The van der Waals surface area contributed by atoms with Gasteiger partial charge in [-0.3, -0.25) is 19.2 Å². The number of nitrogens with zero attached hydrogens (tertiary/aromatic N) is 1. The van der Waals surface area contributed by atoms with Crippen LogP contribution in [0.2, 0.25) is 0 Å². The number of hydrogen-bond donors (Lipinski definition) is 3. The van der Waals surface area contributed by atoms with E-state index in [1.54, 1.807) is 45.0 Å². The second kappa shape index (κ2) is 12.1. The summed E-state index contributed by atoms with van der Waals surface area (Å²) in [5.74, 6) is -0.414. The van der Waals surface area contributed by atoms with Gasteiger partial charge in [0.1, 0.15) is 24.2 Å². The third kappa shape index (κ3) is 8.01. The van der Waals surface area contributed by atoms with Crippen molar-refractivity contribution in [2.75, 3.05) is 13.7 Å². The minimum Gasteiger partial charge on any atom is -0.468 e. The van der Waals surface area contributed by atoms with Crippen molar-refractivity contribution in [3.05, 3.63) is 35.4 Å². The number of benzene rings is 1. The van der Waals surface area contributed by atoms with Crippen molar-refractivity contribution in [3.8, 4) is 12.3 Å². The first-order valence-corrected chi connectivity index (χ1v) is 11.4. The lowest BCUT2D eigenvalue weighted by atomic mass is 9.97. The summed E-state index contributed by atoms with van der Waals surface area (Å²) < 4.78 is 9.82. The second-order valence-electron chi connectivity index (χ2n) is 9.27. The summed E-state index contributed by atoms with van der Waals surface area (Å²) in [4.78, 5) is 64.3. The molecule has 0 aliphatic heterocycles. The number of rotatable bonds is 10. The van der Waals surface area contributed by atoms with E-state index in [-0.39, 0.29) is 6.04 Å². The number of carbonyl (C=O) groups is 5. The Morgan fingerprint density at radius 1 is 1.19 bits per heavy atom. The predicted octanol–water partition coefficient (Wildman–Crippen LogP) is 0.758. The Balaban J connectivity index is 2.50. The number of esters is 1. The molecule has 0 radical (unpaired) electrons. The summed E-state index contributed by atoms with van der Waals surface area (Å²) in [5.41, 5.74) is 5.20. The molecule has 1 aromatic rings. The van der Waals surface area contributed by atoms with Crippen molar-refractivity contribution >= 4 is 29.8 Å². The van der Waals surface area contributed by atoms with Crippen molar-refractivity contribution in [3.63, 3.8) is 0 Å². The fourth-order valence-electron chi connectivity index (χ4n) is 3.51. The van der Waals surface area contributed by atoms with Crippen LogP contribution in [0.5, 0.6) is 0 Å². The molecule has 2 rings (SSSR count). The summed E-state index contributed by atoms with van der Waals surface area (Å²) in [5, 5.41) is 4.87. The standard InChI is InChI=1S/C25H32N4O7/c1-6-15-9-7-8-10-17(15)21(22(32)27-14-20(31)35-5)29(16-11-12-16)23(33)18(13-19(26)30)28-24(34)36-25(2,3)4/h1,7-10,16,18,21H,11-14H2,2-5H3,(H2,26,30)(H,27,32)(H,28,34). The summed E-state index contributed by atoms with van der Waals surface area (Å²) in [6, 6.07) is 3.55. The maximum atomic E-state index is 13.8. The summed E-state index contributed by atoms with van der Waals surface area (Å²) in [6.07, 6.45) is 5.38. The lowest BCUT2D eigenvalue weighted by Gasteiger charge is -2.34. The van der Waals surface area contributed by atoms with Crippen LogP contribution in [0.25, 0.3) is 0 Å². The molecular formula is C25H32N4O7. The van der Waals surface area contributed by atoms with Crippen LogP contribution in [0.1, 0.15) is 57.2 Å². The Morgan fingerprint density at radius 2 is 1.83 bits per heavy atom. The molecule has 4 N–H and O–H groups in total. The fourth-order valence-corrected chi connectivity index (χ4v) is 3.51. The van der Waals surface area contributed by atoms with Crippen molar-refractivity contribution < 1.29 is 33.4 Å². The van der Waals surface area contributed by atoms with E-state index in [1.165, 1.54) is 12.0 Å². The molecule has 2 atom stereocenters. The van der Waals surface area contributed by atoms with Crippen LogP contribution in [0, 0.1) is 12.3 Å². The van der Waals surface area contributed by atoms with Gasteiger partial charge in [-0.05, 0) is 45.2 Å². The van der Waals surface area contributed by atoms with E-state index in [9.17, 15) is 24.0 Å². The highest BCUT2D eigenvalue weighted by Crippen LogP contribution is 2.36. The maximum absolute atomic E-state index is 13.8. The molecule has 0 spiro atoms. The quantitative estimate of drug-likeness (QED) is 0.316. The third-order valence-electron chi connectivity index (χ3n) is 5.16. The van der Waals surface area contributed by atoms with Gasteiger partial charge in [0.25, 0.3) is 0 Å². The van der Waals surface area contributed by atoms with Gasteiger partial charge in [-0.25, -0.2) is 4.79 Å². The number of primary amides is 1. The number of alkyl carbamates (subject to hydrolysis) is 1. The van der Waals surface area contributed by atoms with Crippen molar-refractivity contribution in [2.45, 2.75) is 63.8 Å². The van der Waals surface area contributed by atoms with Crippen molar-refractivity contribution in [1.29, 1.82) is 0 Å². The molecule has 1 saturated carbocycles. The second-order valence-corrected chi connectivity index (χ2v) is 9.27. The Kier molecular flexibility index (Phi) is 9.44. The number of terminal acetylenes is 1. The molecule has 11 nitrogen and oxygen atoms in total. The molecule has 11 heteroatoms. The highest BCUT2D eigenvalue weighted by atomic mass is 16.6. The van der Waals surface area contributed by atoms with E-state index in [2.05, 4.69) is 21.3 Å².